The van der Waals surface area contributed by atoms with Crippen LogP contribution in [-0.2, 0) is 0 Å². The zero-order valence-corrected chi connectivity index (χ0v) is 8.87. The Morgan fingerprint density at radius 1 is 1.50 bits per heavy atom. The lowest BCUT2D eigenvalue weighted by Gasteiger charge is -1.93. The normalized spacial score (nSPS) is 10.8. The maximum Gasteiger partial charge on any atom is 0.127 e. The molecule has 0 aliphatic rings. The lowest BCUT2D eigenvalue weighted by molar-refractivity contribution is 1.02. The molecule has 0 unspecified atom stereocenters. The Labute approximate surface area is 82.9 Å². The van der Waals surface area contributed by atoms with Crippen molar-refractivity contribution in [3.05, 3.63) is 22.7 Å². The molecule has 12 heavy (non-hydrogen) atoms. The second-order valence-corrected chi connectivity index (χ2v) is 4.04. The molecule has 62 valence electrons. The second-order valence-electron chi connectivity index (χ2n) is 2.40. The fraction of sp³-hybridized carbons (Fsp3) is 0.125. The quantitative estimate of drug-likeness (QED) is 0.780. The van der Waals surface area contributed by atoms with Crippen LogP contribution in [0.3, 0.4) is 0 Å². The second kappa shape index (κ2) is 3.11. The molecular formula is C8H7BrN2S. The first-order valence-corrected chi connectivity index (χ1v) is 5.51. The van der Waals surface area contributed by atoms with Gasteiger partial charge in [-0.3, -0.25) is 5.10 Å². The van der Waals surface area contributed by atoms with E-state index in [0.717, 1.165) is 15.0 Å². The maximum absolute atomic E-state index is 4.18. The molecule has 2 rings (SSSR count). The molecule has 1 N–H and O–H groups in total. The molecule has 0 saturated carbocycles. The molecule has 0 spiro atoms. The number of aromatic amines is 1. The highest BCUT2D eigenvalue weighted by atomic mass is 79.9. The highest BCUT2D eigenvalue weighted by Crippen LogP contribution is 2.29. The van der Waals surface area contributed by atoms with E-state index in [1.807, 2.05) is 24.5 Å². The smallest absolute Gasteiger partial charge is 0.127 e. The highest BCUT2D eigenvalue weighted by molar-refractivity contribution is 9.10. The SMILES string of the molecule is CSc1n[nH]c2cccc(Br)c12. The van der Waals surface area contributed by atoms with E-state index in [1.165, 1.54) is 5.39 Å². The van der Waals surface area contributed by atoms with Gasteiger partial charge in [0.25, 0.3) is 0 Å². The summed E-state index contributed by atoms with van der Waals surface area (Å²) in [5.74, 6) is 0. The van der Waals surface area contributed by atoms with Gasteiger partial charge in [0.1, 0.15) is 5.03 Å². The molecule has 0 fully saturated rings. The number of benzene rings is 1. The molecule has 0 aliphatic carbocycles. The van der Waals surface area contributed by atoms with Crippen molar-refractivity contribution < 1.29 is 0 Å². The highest BCUT2D eigenvalue weighted by Gasteiger charge is 2.06. The van der Waals surface area contributed by atoms with Crippen molar-refractivity contribution in [2.24, 2.45) is 0 Å². The molecule has 2 nitrogen and oxygen atoms in total. The van der Waals surface area contributed by atoms with E-state index >= 15 is 0 Å². The van der Waals surface area contributed by atoms with Gasteiger partial charge in [-0.1, -0.05) is 6.07 Å². The summed E-state index contributed by atoms with van der Waals surface area (Å²) in [6, 6.07) is 6.04. The molecule has 0 atom stereocenters. The van der Waals surface area contributed by atoms with Gasteiger partial charge in [-0.2, -0.15) is 5.10 Å². The molecule has 1 aromatic heterocycles. The number of aromatic nitrogens is 2. The number of hydrogen-bond donors (Lipinski definition) is 1. The Bertz CT molecular complexity index is 410. The van der Waals surface area contributed by atoms with Gasteiger partial charge in [0.15, 0.2) is 0 Å². The number of H-pyrrole nitrogens is 1. The van der Waals surface area contributed by atoms with Crippen molar-refractivity contribution in [1.82, 2.24) is 10.2 Å². The average molecular weight is 243 g/mol. The van der Waals surface area contributed by atoms with E-state index in [1.54, 1.807) is 11.8 Å². The van der Waals surface area contributed by atoms with Crippen molar-refractivity contribution in [2.75, 3.05) is 6.26 Å². The molecule has 1 heterocycles. The zero-order valence-electron chi connectivity index (χ0n) is 6.47. The Balaban J connectivity index is 2.83. The molecule has 0 saturated heterocycles. The van der Waals surface area contributed by atoms with Gasteiger partial charge < -0.3 is 0 Å². The van der Waals surface area contributed by atoms with Gasteiger partial charge in [-0.05, 0) is 34.3 Å². The Hall–Kier alpha value is -0.480. The first-order valence-electron chi connectivity index (χ1n) is 3.49. The van der Waals surface area contributed by atoms with E-state index in [4.69, 9.17) is 0 Å². The summed E-state index contributed by atoms with van der Waals surface area (Å²) in [5, 5.41) is 9.37. The summed E-state index contributed by atoms with van der Waals surface area (Å²) in [7, 11) is 0. The van der Waals surface area contributed by atoms with Crippen molar-refractivity contribution >= 4 is 38.6 Å². The van der Waals surface area contributed by atoms with Crippen LogP contribution in [0.1, 0.15) is 0 Å². The number of halogens is 1. The lowest BCUT2D eigenvalue weighted by atomic mass is 10.3. The molecule has 4 heteroatoms. The van der Waals surface area contributed by atoms with Gasteiger partial charge in [0.2, 0.25) is 0 Å². The summed E-state index contributed by atoms with van der Waals surface area (Å²) in [4.78, 5) is 0. The minimum atomic E-state index is 1.04. The molecule has 0 radical (unpaired) electrons. The van der Waals surface area contributed by atoms with Gasteiger partial charge in [-0.15, -0.1) is 11.8 Å². The average Bonchev–Trinajstić information content (AvgIpc) is 2.49. The summed E-state index contributed by atoms with van der Waals surface area (Å²) >= 11 is 5.14. The molecule has 1 aromatic carbocycles. The third kappa shape index (κ3) is 1.15. The van der Waals surface area contributed by atoms with Crippen LogP contribution in [0.5, 0.6) is 0 Å². The van der Waals surface area contributed by atoms with Crippen molar-refractivity contribution in [2.45, 2.75) is 5.03 Å². The summed E-state index contributed by atoms with van der Waals surface area (Å²) in [5.41, 5.74) is 1.08. The van der Waals surface area contributed by atoms with E-state index in [-0.39, 0.29) is 0 Å². The van der Waals surface area contributed by atoms with Crippen LogP contribution in [0.4, 0.5) is 0 Å². The predicted molar refractivity (Wildman–Crippen MR) is 55.6 cm³/mol. The van der Waals surface area contributed by atoms with Crippen LogP contribution in [-0.4, -0.2) is 16.5 Å². The van der Waals surface area contributed by atoms with Crippen molar-refractivity contribution in [3.63, 3.8) is 0 Å². The van der Waals surface area contributed by atoms with Crippen molar-refractivity contribution in [1.29, 1.82) is 0 Å². The summed E-state index contributed by atoms with van der Waals surface area (Å²) in [6.07, 6.45) is 2.02. The van der Waals surface area contributed by atoms with Crippen LogP contribution < -0.4 is 0 Å². The lowest BCUT2D eigenvalue weighted by Crippen LogP contribution is -1.70. The number of nitrogens with one attached hydrogen (secondary N) is 1. The minimum absolute atomic E-state index is 1.04. The standard InChI is InChI=1S/C8H7BrN2S/c1-12-8-7-5(9)3-2-4-6(7)10-11-8/h2-4H,1H3,(H,10,11). The van der Waals surface area contributed by atoms with Crippen LogP contribution >= 0.6 is 27.7 Å². The number of nitrogens with zero attached hydrogens (tertiary/aromatic N) is 1. The summed E-state index contributed by atoms with van der Waals surface area (Å²) < 4.78 is 1.10. The molecule has 0 aliphatic heterocycles. The van der Waals surface area contributed by atoms with Gasteiger partial charge >= 0.3 is 0 Å². The van der Waals surface area contributed by atoms with E-state index in [2.05, 4.69) is 26.1 Å². The number of hydrogen-bond acceptors (Lipinski definition) is 2. The topological polar surface area (TPSA) is 28.7 Å². The van der Waals surface area contributed by atoms with Crippen LogP contribution in [0.15, 0.2) is 27.7 Å². The maximum atomic E-state index is 4.18. The Morgan fingerprint density at radius 2 is 2.33 bits per heavy atom. The molecular weight excluding hydrogens is 236 g/mol. The third-order valence-electron chi connectivity index (χ3n) is 1.70. The zero-order chi connectivity index (χ0) is 8.55. The van der Waals surface area contributed by atoms with Crippen LogP contribution in [0.2, 0.25) is 0 Å². The molecule has 0 amide bonds. The monoisotopic (exact) mass is 242 g/mol. The Morgan fingerprint density at radius 3 is 3.08 bits per heavy atom. The predicted octanol–water partition coefficient (Wildman–Crippen LogP) is 3.05. The minimum Gasteiger partial charge on any atom is -0.277 e. The number of fused-ring (bicyclic) bond motifs is 1. The molecule has 0 bridgehead atoms. The van der Waals surface area contributed by atoms with Gasteiger partial charge in [0, 0.05) is 9.86 Å². The number of thioether (sulfide) groups is 1. The van der Waals surface area contributed by atoms with Crippen molar-refractivity contribution in [3.8, 4) is 0 Å². The van der Waals surface area contributed by atoms with Crippen LogP contribution in [0, 0.1) is 0 Å². The largest absolute Gasteiger partial charge is 0.277 e. The fourth-order valence-electron chi connectivity index (χ4n) is 1.15. The van der Waals surface area contributed by atoms with Gasteiger partial charge in [0.05, 0.1) is 5.52 Å². The van der Waals surface area contributed by atoms with E-state index < -0.39 is 0 Å². The van der Waals surface area contributed by atoms with E-state index in [9.17, 15) is 0 Å². The van der Waals surface area contributed by atoms with Crippen LogP contribution in [0.25, 0.3) is 10.9 Å². The van der Waals surface area contributed by atoms with E-state index in [0.29, 0.717) is 0 Å². The summed E-state index contributed by atoms with van der Waals surface area (Å²) in [6.45, 7) is 0. The fourth-order valence-corrected chi connectivity index (χ4v) is 2.40. The molecule has 2 aromatic rings. The first kappa shape index (κ1) is 8.13. The third-order valence-corrected chi connectivity index (χ3v) is 3.04. The number of rotatable bonds is 1. The van der Waals surface area contributed by atoms with Gasteiger partial charge in [-0.25, -0.2) is 0 Å². The Kier molecular flexibility index (Phi) is 2.11. The first-order chi connectivity index (χ1) is 5.83.